The highest BCUT2D eigenvalue weighted by atomic mass is 16.1. The third-order valence-electron chi connectivity index (χ3n) is 5.49. The maximum Gasteiger partial charge on any atom is 0.227 e. The number of fused-ring (bicyclic) bond motifs is 1. The average Bonchev–Trinajstić information content (AvgIpc) is 3.23. The van der Waals surface area contributed by atoms with Gasteiger partial charge in [-0.15, -0.1) is 0 Å². The van der Waals surface area contributed by atoms with E-state index < -0.39 is 0 Å². The molecule has 2 unspecified atom stereocenters. The summed E-state index contributed by atoms with van der Waals surface area (Å²) in [6, 6.07) is 18.8. The molecule has 0 spiro atoms. The van der Waals surface area contributed by atoms with Crippen LogP contribution in [0.25, 0.3) is 10.9 Å². The lowest BCUT2D eigenvalue weighted by atomic mass is 9.89. The van der Waals surface area contributed by atoms with Crippen molar-refractivity contribution in [1.29, 1.82) is 0 Å². The van der Waals surface area contributed by atoms with Gasteiger partial charge in [-0.25, -0.2) is 0 Å². The van der Waals surface area contributed by atoms with Crippen LogP contribution >= 0.6 is 0 Å². The van der Waals surface area contributed by atoms with Crippen molar-refractivity contribution in [2.75, 3.05) is 5.32 Å². The minimum absolute atomic E-state index is 0.115. The molecule has 1 aliphatic rings. The summed E-state index contributed by atoms with van der Waals surface area (Å²) in [4.78, 5) is 12.9. The maximum atomic E-state index is 12.9. The summed E-state index contributed by atoms with van der Waals surface area (Å²) < 4.78 is 2.08. The summed E-state index contributed by atoms with van der Waals surface area (Å²) in [5.74, 6) is 0.734. The van der Waals surface area contributed by atoms with Crippen molar-refractivity contribution in [1.82, 2.24) is 4.57 Å². The van der Waals surface area contributed by atoms with Crippen LogP contribution in [-0.2, 0) is 18.3 Å². The number of nitrogens with zero attached hydrogens (tertiary/aromatic N) is 1. The Hall–Kier alpha value is -2.55. The van der Waals surface area contributed by atoms with Crippen LogP contribution in [0.5, 0.6) is 0 Å². The quantitative estimate of drug-likeness (QED) is 0.733. The smallest absolute Gasteiger partial charge is 0.227 e. The van der Waals surface area contributed by atoms with Gasteiger partial charge in [-0.1, -0.05) is 42.8 Å². The van der Waals surface area contributed by atoms with Gasteiger partial charge in [0.05, 0.1) is 0 Å². The average molecular weight is 332 g/mol. The lowest BCUT2D eigenvalue weighted by Crippen LogP contribution is -2.26. The molecule has 1 fully saturated rings. The van der Waals surface area contributed by atoms with Crippen molar-refractivity contribution in [3.05, 3.63) is 66.4 Å². The summed E-state index contributed by atoms with van der Waals surface area (Å²) in [7, 11) is 2.03. The van der Waals surface area contributed by atoms with Crippen LogP contribution in [0, 0.1) is 11.8 Å². The number of anilines is 1. The van der Waals surface area contributed by atoms with E-state index >= 15 is 0 Å². The molecule has 1 amide bonds. The molecule has 3 heteroatoms. The Balaban J connectivity index is 1.48. The Morgan fingerprint density at radius 3 is 2.80 bits per heavy atom. The Morgan fingerprint density at radius 2 is 1.96 bits per heavy atom. The first kappa shape index (κ1) is 15.9. The number of aryl methyl sites for hydroxylation is 1. The fraction of sp³-hybridized carbons (Fsp3) is 0.318. The number of hydrogen-bond acceptors (Lipinski definition) is 1. The zero-order valence-corrected chi connectivity index (χ0v) is 14.6. The molecule has 2 aromatic carbocycles. The zero-order chi connectivity index (χ0) is 17.2. The lowest BCUT2D eigenvalue weighted by molar-refractivity contribution is -0.120. The zero-order valence-electron chi connectivity index (χ0n) is 14.6. The number of carbonyl (C=O) groups excluding carboxylic acids is 1. The van der Waals surface area contributed by atoms with Crippen molar-refractivity contribution >= 4 is 22.5 Å². The topological polar surface area (TPSA) is 34.0 Å². The Bertz CT molecular complexity index is 881. The Kier molecular flexibility index (Phi) is 4.31. The first-order valence-corrected chi connectivity index (χ1v) is 9.10. The second-order valence-corrected chi connectivity index (χ2v) is 7.18. The highest BCUT2D eigenvalue weighted by molar-refractivity contribution is 5.95. The maximum absolute atomic E-state index is 12.9. The predicted octanol–water partition coefficient (Wildman–Crippen LogP) is 4.78. The monoisotopic (exact) mass is 332 g/mol. The number of aromatic nitrogens is 1. The van der Waals surface area contributed by atoms with Crippen molar-refractivity contribution in [2.45, 2.75) is 25.7 Å². The number of benzene rings is 2. The highest BCUT2D eigenvalue weighted by Crippen LogP contribution is 2.35. The van der Waals surface area contributed by atoms with Crippen LogP contribution in [0.4, 0.5) is 5.69 Å². The molecule has 0 radical (unpaired) electrons. The molecule has 3 nitrogen and oxygen atoms in total. The fourth-order valence-electron chi connectivity index (χ4n) is 4.12. The molecule has 1 N–H and O–H groups in total. The summed E-state index contributed by atoms with van der Waals surface area (Å²) in [5.41, 5.74) is 3.37. The molecule has 1 aliphatic carbocycles. The van der Waals surface area contributed by atoms with Crippen LogP contribution in [0.3, 0.4) is 0 Å². The number of carbonyl (C=O) groups is 1. The SMILES string of the molecule is Cn1ccc2ccc(NC(=O)C3CCCC3Cc3ccccc3)cc21. The molecule has 0 bridgehead atoms. The molecule has 3 aromatic rings. The molecule has 0 aliphatic heterocycles. The largest absolute Gasteiger partial charge is 0.350 e. The summed E-state index contributed by atoms with van der Waals surface area (Å²) in [5, 5.41) is 4.35. The van der Waals surface area contributed by atoms with Gasteiger partial charge in [0.25, 0.3) is 0 Å². The van der Waals surface area contributed by atoms with Crippen LogP contribution in [-0.4, -0.2) is 10.5 Å². The van der Waals surface area contributed by atoms with Gasteiger partial charge >= 0.3 is 0 Å². The van der Waals surface area contributed by atoms with Crippen LogP contribution in [0.1, 0.15) is 24.8 Å². The molecule has 4 rings (SSSR count). The Labute approximate surface area is 148 Å². The molecule has 0 saturated heterocycles. The van der Waals surface area contributed by atoms with E-state index in [9.17, 15) is 4.79 Å². The van der Waals surface area contributed by atoms with Gasteiger partial charge < -0.3 is 9.88 Å². The minimum atomic E-state index is 0.115. The second-order valence-electron chi connectivity index (χ2n) is 7.18. The van der Waals surface area contributed by atoms with Gasteiger partial charge in [-0.3, -0.25) is 4.79 Å². The van der Waals surface area contributed by atoms with E-state index in [1.54, 1.807) is 0 Å². The number of amides is 1. The summed E-state index contributed by atoms with van der Waals surface area (Å²) in [6.07, 6.45) is 6.32. The van der Waals surface area contributed by atoms with Gasteiger partial charge in [-0.05, 0) is 54.3 Å². The third-order valence-corrected chi connectivity index (χ3v) is 5.49. The molecule has 2 atom stereocenters. The van der Waals surface area contributed by atoms with E-state index in [4.69, 9.17) is 0 Å². The molecular formula is C22H24N2O. The normalized spacial score (nSPS) is 20.0. The van der Waals surface area contributed by atoms with Gasteiger partial charge in [0.2, 0.25) is 5.91 Å². The van der Waals surface area contributed by atoms with Crippen molar-refractivity contribution in [2.24, 2.45) is 18.9 Å². The molecule has 1 aromatic heterocycles. The Morgan fingerprint density at radius 1 is 1.12 bits per heavy atom. The molecule has 128 valence electrons. The van der Waals surface area contributed by atoms with Crippen molar-refractivity contribution in [3.8, 4) is 0 Å². The van der Waals surface area contributed by atoms with Crippen molar-refractivity contribution < 1.29 is 4.79 Å². The van der Waals surface area contributed by atoms with E-state index in [2.05, 4.69) is 52.3 Å². The van der Waals surface area contributed by atoms with Gasteiger partial charge in [0.1, 0.15) is 0 Å². The van der Waals surface area contributed by atoms with Crippen LogP contribution < -0.4 is 5.32 Å². The summed E-state index contributed by atoms with van der Waals surface area (Å²) >= 11 is 0. The number of hydrogen-bond donors (Lipinski definition) is 1. The van der Waals surface area contributed by atoms with Crippen LogP contribution in [0.2, 0.25) is 0 Å². The van der Waals surface area contributed by atoms with E-state index in [-0.39, 0.29) is 11.8 Å². The van der Waals surface area contributed by atoms with E-state index in [1.807, 2.05) is 25.4 Å². The molecule has 25 heavy (non-hydrogen) atoms. The summed E-state index contributed by atoms with van der Waals surface area (Å²) in [6.45, 7) is 0. The van der Waals surface area contributed by atoms with Gasteiger partial charge in [-0.2, -0.15) is 0 Å². The standard InChI is InChI=1S/C22H24N2O/c1-24-13-12-17-10-11-19(15-21(17)24)23-22(25)20-9-5-8-18(20)14-16-6-3-2-4-7-16/h2-4,6-7,10-13,15,18,20H,5,8-9,14H2,1H3,(H,23,25). The van der Waals surface area contributed by atoms with Crippen molar-refractivity contribution in [3.63, 3.8) is 0 Å². The molecular weight excluding hydrogens is 308 g/mol. The minimum Gasteiger partial charge on any atom is -0.350 e. The number of rotatable bonds is 4. The highest BCUT2D eigenvalue weighted by Gasteiger charge is 2.32. The second kappa shape index (κ2) is 6.75. The lowest BCUT2D eigenvalue weighted by Gasteiger charge is -2.19. The van der Waals surface area contributed by atoms with Gasteiger partial charge in [0, 0.05) is 30.4 Å². The van der Waals surface area contributed by atoms with E-state index in [0.717, 1.165) is 36.9 Å². The number of nitrogens with one attached hydrogen (secondary N) is 1. The van der Waals surface area contributed by atoms with Gasteiger partial charge in [0.15, 0.2) is 0 Å². The molecule has 1 saturated carbocycles. The first-order valence-electron chi connectivity index (χ1n) is 9.10. The fourth-order valence-corrected chi connectivity index (χ4v) is 4.12. The van der Waals surface area contributed by atoms with Crippen LogP contribution in [0.15, 0.2) is 60.8 Å². The molecule has 1 heterocycles. The first-order chi connectivity index (χ1) is 12.2. The van der Waals surface area contributed by atoms with E-state index in [0.29, 0.717) is 5.92 Å². The van der Waals surface area contributed by atoms with E-state index in [1.165, 1.54) is 10.9 Å². The third kappa shape index (κ3) is 3.32. The predicted molar refractivity (Wildman–Crippen MR) is 103 cm³/mol.